The quantitative estimate of drug-likeness (QED) is 0.851. The van der Waals surface area contributed by atoms with Crippen LogP contribution in [0, 0.1) is 13.8 Å². The van der Waals surface area contributed by atoms with Gasteiger partial charge in [-0.05, 0) is 20.4 Å². The van der Waals surface area contributed by atoms with Crippen LogP contribution in [0.15, 0.2) is 4.90 Å². The number of sulfonamides is 1. The summed E-state index contributed by atoms with van der Waals surface area (Å²) < 4.78 is 26.9. The van der Waals surface area contributed by atoms with E-state index >= 15 is 0 Å². The molecule has 1 aliphatic heterocycles. The fourth-order valence-electron chi connectivity index (χ4n) is 2.75. The topological polar surface area (TPSA) is 93.7 Å². The van der Waals surface area contributed by atoms with Crippen molar-refractivity contribution in [2.24, 2.45) is 0 Å². The number of nitrogens with zero attached hydrogens (tertiary/aromatic N) is 2. The Balaban J connectivity index is 2.35. The third kappa shape index (κ3) is 2.83. The number of carboxylic acids is 1. The molecule has 2 rings (SSSR count). The summed E-state index contributed by atoms with van der Waals surface area (Å²) in [7, 11) is -3.66. The molecule has 0 radical (unpaired) electrons. The van der Waals surface area contributed by atoms with Crippen molar-refractivity contribution < 1.29 is 18.3 Å². The summed E-state index contributed by atoms with van der Waals surface area (Å²) in [5, 5.41) is 9.10. The summed E-state index contributed by atoms with van der Waals surface area (Å²) in [6, 6.07) is 0. The number of likely N-dealkylation sites (N-methyl/N-ethyl adjacent to an activating group) is 1. The van der Waals surface area contributed by atoms with Gasteiger partial charge in [0, 0.05) is 37.4 Å². The first-order chi connectivity index (χ1) is 9.78. The molecule has 0 aromatic carbocycles. The molecule has 0 bridgehead atoms. The molecule has 1 aliphatic rings. The van der Waals surface area contributed by atoms with Crippen LogP contribution in [0.25, 0.3) is 0 Å². The Labute approximate surface area is 124 Å². The van der Waals surface area contributed by atoms with Crippen molar-refractivity contribution in [2.45, 2.75) is 25.7 Å². The minimum Gasteiger partial charge on any atom is -0.477 e. The normalized spacial score (nSPS) is 18.0. The molecule has 2 heterocycles. The van der Waals surface area contributed by atoms with Gasteiger partial charge >= 0.3 is 5.97 Å². The SMILES string of the molecule is CCN1CCN(S(=O)(=O)c2c(C)[nH]c(C(=O)O)c2C)CC1. The maximum Gasteiger partial charge on any atom is 0.352 e. The number of carbonyl (C=O) groups is 1. The molecule has 0 saturated carbocycles. The van der Waals surface area contributed by atoms with Crippen molar-refractivity contribution in [1.82, 2.24) is 14.2 Å². The number of hydrogen-bond acceptors (Lipinski definition) is 4. The fourth-order valence-corrected chi connectivity index (χ4v) is 4.58. The number of aryl methyl sites for hydroxylation is 1. The van der Waals surface area contributed by atoms with Crippen molar-refractivity contribution in [3.05, 3.63) is 17.0 Å². The highest BCUT2D eigenvalue weighted by Gasteiger charge is 2.33. The standard InChI is InChI=1S/C13H21N3O4S/c1-4-15-5-7-16(8-6-15)21(19,20)12-9(2)11(13(17)18)14-10(12)3/h14H,4-8H2,1-3H3,(H,17,18). The summed E-state index contributed by atoms with van der Waals surface area (Å²) in [5.74, 6) is -1.15. The molecule has 7 nitrogen and oxygen atoms in total. The van der Waals surface area contributed by atoms with E-state index in [2.05, 4.69) is 9.88 Å². The number of aromatic nitrogens is 1. The molecule has 1 fully saturated rings. The Bertz CT molecular complexity index is 643. The maximum atomic E-state index is 12.8. The monoisotopic (exact) mass is 315 g/mol. The Hall–Kier alpha value is -1.38. The van der Waals surface area contributed by atoms with Gasteiger partial charge in [0.05, 0.1) is 0 Å². The Morgan fingerprint density at radius 2 is 1.81 bits per heavy atom. The second-order valence-corrected chi connectivity index (χ2v) is 7.10. The van der Waals surface area contributed by atoms with Crippen LogP contribution in [0.2, 0.25) is 0 Å². The van der Waals surface area contributed by atoms with E-state index in [1.54, 1.807) is 6.92 Å². The maximum absolute atomic E-state index is 12.8. The highest BCUT2D eigenvalue weighted by molar-refractivity contribution is 7.89. The lowest BCUT2D eigenvalue weighted by molar-refractivity contribution is 0.0690. The molecule has 0 aliphatic carbocycles. The zero-order valence-corrected chi connectivity index (χ0v) is 13.3. The predicted octanol–water partition coefficient (Wildman–Crippen LogP) is 0.656. The fraction of sp³-hybridized carbons (Fsp3) is 0.615. The summed E-state index contributed by atoms with van der Waals surface area (Å²) >= 11 is 0. The molecular formula is C13H21N3O4S. The van der Waals surface area contributed by atoms with Gasteiger partial charge in [-0.15, -0.1) is 0 Å². The molecule has 0 unspecified atom stereocenters. The third-order valence-corrected chi connectivity index (χ3v) is 6.13. The van der Waals surface area contributed by atoms with E-state index < -0.39 is 16.0 Å². The molecule has 1 saturated heterocycles. The van der Waals surface area contributed by atoms with Gasteiger partial charge in [-0.3, -0.25) is 0 Å². The van der Waals surface area contributed by atoms with Crippen LogP contribution in [-0.4, -0.2) is 66.4 Å². The van der Waals surface area contributed by atoms with Crippen molar-refractivity contribution in [2.75, 3.05) is 32.7 Å². The van der Waals surface area contributed by atoms with Gasteiger partial charge in [0.2, 0.25) is 10.0 Å². The number of hydrogen-bond donors (Lipinski definition) is 2. The minimum atomic E-state index is -3.66. The first-order valence-corrected chi connectivity index (χ1v) is 8.38. The average molecular weight is 315 g/mol. The largest absolute Gasteiger partial charge is 0.477 e. The van der Waals surface area contributed by atoms with Gasteiger partial charge in [0.1, 0.15) is 10.6 Å². The Morgan fingerprint density at radius 3 is 2.24 bits per heavy atom. The number of piperazine rings is 1. The zero-order valence-electron chi connectivity index (χ0n) is 12.5. The van der Waals surface area contributed by atoms with E-state index in [1.807, 2.05) is 6.92 Å². The predicted molar refractivity (Wildman–Crippen MR) is 78.1 cm³/mol. The van der Waals surface area contributed by atoms with Gasteiger partial charge in [-0.1, -0.05) is 6.92 Å². The highest BCUT2D eigenvalue weighted by Crippen LogP contribution is 2.27. The molecule has 8 heteroatoms. The van der Waals surface area contributed by atoms with E-state index in [0.717, 1.165) is 6.54 Å². The van der Waals surface area contributed by atoms with Crippen LogP contribution in [0.5, 0.6) is 0 Å². The molecule has 0 amide bonds. The van der Waals surface area contributed by atoms with Crippen LogP contribution >= 0.6 is 0 Å². The van der Waals surface area contributed by atoms with Crippen LogP contribution in [0.1, 0.15) is 28.7 Å². The lowest BCUT2D eigenvalue weighted by Crippen LogP contribution is -2.48. The van der Waals surface area contributed by atoms with Crippen molar-refractivity contribution in [3.63, 3.8) is 0 Å². The van der Waals surface area contributed by atoms with Crippen LogP contribution < -0.4 is 0 Å². The van der Waals surface area contributed by atoms with Crippen LogP contribution in [0.3, 0.4) is 0 Å². The summed E-state index contributed by atoms with van der Waals surface area (Å²) in [4.78, 5) is 16.1. The van der Waals surface area contributed by atoms with Gasteiger partial charge in [-0.2, -0.15) is 4.31 Å². The second kappa shape index (κ2) is 5.78. The van der Waals surface area contributed by atoms with Gasteiger partial charge in [-0.25, -0.2) is 13.2 Å². The van der Waals surface area contributed by atoms with Crippen LogP contribution in [-0.2, 0) is 10.0 Å². The summed E-state index contributed by atoms with van der Waals surface area (Å²) in [6.07, 6.45) is 0. The van der Waals surface area contributed by atoms with E-state index in [1.165, 1.54) is 11.2 Å². The number of aromatic carboxylic acids is 1. The highest BCUT2D eigenvalue weighted by atomic mass is 32.2. The number of rotatable bonds is 4. The number of carboxylic acid groups (broad SMARTS) is 1. The molecule has 0 spiro atoms. The summed E-state index contributed by atoms with van der Waals surface area (Å²) in [6.45, 7) is 8.33. The smallest absolute Gasteiger partial charge is 0.352 e. The Kier molecular flexibility index (Phi) is 4.40. The number of aromatic amines is 1. The van der Waals surface area contributed by atoms with E-state index in [0.29, 0.717) is 31.9 Å². The number of nitrogens with one attached hydrogen (secondary N) is 1. The molecule has 0 atom stereocenters. The van der Waals surface area contributed by atoms with Crippen molar-refractivity contribution in [1.29, 1.82) is 0 Å². The lowest BCUT2D eigenvalue weighted by Gasteiger charge is -2.33. The first-order valence-electron chi connectivity index (χ1n) is 6.94. The minimum absolute atomic E-state index is 0.0572. The van der Waals surface area contributed by atoms with Crippen molar-refractivity contribution >= 4 is 16.0 Å². The molecule has 21 heavy (non-hydrogen) atoms. The van der Waals surface area contributed by atoms with Gasteiger partial charge in [0.15, 0.2) is 0 Å². The Morgan fingerprint density at radius 1 is 1.24 bits per heavy atom. The first kappa shape index (κ1) is 16.0. The second-order valence-electron chi connectivity index (χ2n) is 5.22. The van der Waals surface area contributed by atoms with E-state index in [4.69, 9.17) is 5.11 Å². The van der Waals surface area contributed by atoms with Gasteiger partial charge < -0.3 is 15.0 Å². The molecule has 1 aromatic rings. The average Bonchev–Trinajstić information content (AvgIpc) is 2.74. The summed E-state index contributed by atoms with van der Waals surface area (Å²) in [5.41, 5.74) is 0.596. The van der Waals surface area contributed by atoms with Crippen LogP contribution in [0.4, 0.5) is 0 Å². The number of H-pyrrole nitrogens is 1. The molecular weight excluding hydrogens is 294 g/mol. The lowest BCUT2D eigenvalue weighted by atomic mass is 10.2. The van der Waals surface area contributed by atoms with E-state index in [9.17, 15) is 13.2 Å². The third-order valence-electron chi connectivity index (χ3n) is 3.96. The van der Waals surface area contributed by atoms with Crippen molar-refractivity contribution in [3.8, 4) is 0 Å². The van der Waals surface area contributed by atoms with E-state index in [-0.39, 0.29) is 16.2 Å². The molecule has 2 N–H and O–H groups in total. The zero-order chi connectivity index (χ0) is 15.8. The molecule has 1 aromatic heterocycles. The van der Waals surface area contributed by atoms with Gasteiger partial charge in [0.25, 0.3) is 0 Å². The molecule has 118 valence electrons.